The van der Waals surface area contributed by atoms with E-state index in [1.165, 1.54) is 193 Å². The fourth-order valence-electron chi connectivity index (χ4n) is 19.7. The summed E-state index contributed by atoms with van der Waals surface area (Å²) in [6.45, 7) is 78.6. The van der Waals surface area contributed by atoms with Crippen molar-refractivity contribution < 1.29 is 0 Å². The summed E-state index contributed by atoms with van der Waals surface area (Å²) in [5.41, 5.74) is 4.97. The highest BCUT2D eigenvalue weighted by Gasteiger charge is 2.46. The van der Waals surface area contributed by atoms with E-state index in [1.807, 2.05) is 0 Å². The largest absolute Gasteiger partial charge is 0.0651 e. The van der Waals surface area contributed by atoms with E-state index in [2.05, 4.69) is 228 Å². The van der Waals surface area contributed by atoms with E-state index in [9.17, 15) is 0 Å². The molecule has 2 bridgehead atoms. The van der Waals surface area contributed by atoms with Crippen LogP contribution in [0.15, 0.2) is 0 Å². The summed E-state index contributed by atoms with van der Waals surface area (Å²) in [4.78, 5) is 0. The van der Waals surface area contributed by atoms with Crippen LogP contribution in [0, 0.1) is 156 Å². The first-order valence-corrected chi connectivity index (χ1v) is 41.1. The molecule has 90 heavy (non-hydrogen) atoms. The van der Waals surface area contributed by atoms with Crippen LogP contribution in [0.1, 0.15) is 421 Å². The Balaban J connectivity index is 0.000000341. The van der Waals surface area contributed by atoms with Gasteiger partial charge in [0.1, 0.15) is 0 Å². The van der Waals surface area contributed by atoms with Crippen molar-refractivity contribution in [1.82, 2.24) is 0 Å². The fraction of sp³-hybridized carbons (Fsp3) is 1.00. The first-order chi connectivity index (χ1) is 41.1. The Morgan fingerprint density at radius 1 is 0.367 bits per heavy atom. The van der Waals surface area contributed by atoms with Gasteiger partial charge in [-0.25, -0.2) is 0 Å². The van der Waals surface area contributed by atoms with Crippen LogP contribution in [0.5, 0.6) is 0 Å². The van der Waals surface area contributed by atoms with E-state index >= 15 is 0 Å². The van der Waals surface area contributed by atoms with Gasteiger partial charge in [-0.2, -0.15) is 0 Å². The van der Waals surface area contributed by atoms with E-state index in [0.717, 1.165) is 118 Å². The minimum Gasteiger partial charge on any atom is -0.0651 e. The average molecular weight is 1260 g/mol. The second kappa shape index (κ2) is 37.8. The maximum absolute atomic E-state index is 2.48. The molecule has 0 aromatic carbocycles. The van der Waals surface area contributed by atoms with Crippen molar-refractivity contribution in [3.63, 3.8) is 0 Å². The predicted molar refractivity (Wildman–Crippen MR) is 412 cm³/mol. The molecule has 0 spiro atoms. The zero-order valence-electron chi connectivity index (χ0n) is 69.2. The molecule has 7 atom stereocenters. The summed E-state index contributed by atoms with van der Waals surface area (Å²) in [6.07, 6.45) is 43.8. The third-order valence-electron chi connectivity index (χ3n) is 29.9. The molecular weight excluding hydrogens is 1080 g/mol. The maximum atomic E-state index is 2.48. The van der Waals surface area contributed by atoms with Crippen molar-refractivity contribution in [3.8, 4) is 0 Å². The Labute approximate surface area is 573 Å². The van der Waals surface area contributed by atoms with E-state index in [4.69, 9.17) is 0 Å². The smallest absolute Gasteiger partial charge is 0.0297 e. The Kier molecular flexibility index (Phi) is 36.2. The summed E-state index contributed by atoms with van der Waals surface area (Å²) < 4.78 is 0. The minimum atomic E-state index is 0.571. The molecule has 11 rings (SSSR count). The van der Waals surface area contributed by atoms with Gasteiger partial charge in [0, 0.05) is 0 Å². The molecule has 11 aliphatic carbocycles. The first kappa shape index (κ1) is 86.1. The molecule has 0 aromatic rings. The molecule has 0 aromatic heterocycles. The molecule has 0 heteroatoms. The highest BCUT2D eigenvalue weighted by atomic mass is 14.5. The van der Waals surface area contributed by atoms with Gasteiger partial charge < -0.3 is 0 Å². The van der Waals surface area contributed by atoms with Crippen molar-refractivity contribution >= 4 is 0 Å². The molecule has 11 fully saturated rings. The Hall–Kier alpha value is 0. The predicted octanol–water partition coefficient (Wildman–Crippen LogP) is 31.0. The van der Waals surface area contributed by atoms with Gasteiger partial charge in [0.05, 0.1) is 0 Å². The molecule has 0 amide bonds. The number of hydrogen-bond acceptors (Lipinski definition) is 0. The maximum Gasteiger partial charge on any atom is -0.0297 e. The molecule has 11 saturated carbocycles. The fourth-order valence-corrected chi connectivity index (χ4v) is 19.7. The van der Waals surface area contributed by atoms with Gasteiger partial charge in [0.2, 0.25) is 0 Å². The van der Waals surface area contributed by atoms with Crippen molar-refractivity contribution in [2.24, 2.45) is 156 Å². The van der Waals surface area contributed by atoms with Crippen LogP contribution in [0.25, 0.3) is 0 Å². The molecule has 0 saturated heterocycles. The SMILES string of the molecule is CC(C)(C)C1CCC1.CC1C(C)(C)CCCC1(C)C.CC1C(C)C(C)C1C.CC1CC(C(C)C)C1.CC1CC(C)(C)CC(C)(C)C1.CC1CCC(C)(C)CC1.CC1CCCC(C)C1C.CCC(C)C1CCC1.C[C@@H]1CCCCC1(C)C.C[C@H]1CC2CCC1(C)C2. The number of fused-ring (bicyclic) bond motifs is 2. The Morgan fingerprint density at radius 3 is 1.03 bits per heavy atom. The minimum absolute atomic E-state index is 0.571. The van der Waals surface area contributed by atoms with Crippen molar-refractivity contribution in [2.75, 3.05) is 0 Å². The van der Waals surface area contributed by atoms with E-state index < -0.39 is 0 Å². The Bertz CT molecular complexity index is 1770. The van der Waals surface area contributed by atoms with Crippen LogP contribution in [-0.2, 0) is 0 Å². The van der Waals surface area contributed by atoms with Crippen molar-refractivity contribution in [2.45, 2.75) is 421 Å². The molecule has 0 nitrogen and oxygen atoms in total. The quantitative estimate of drug-likeness (QED) is 0.264. The van der Waals surface area contributed by atoms with Gasteiger partial charge in [-0.15, -0.1) is 0 Å². The molecule has 5 unspecified atom stereocenters. The second-order valence-corrected chi connectivity index (χ2v) is 42.3. The number of rotatable bonds is 3. The lowest BCUT2D eigenvalue weighted by Crippen LogP contribution is -2.39. The van der Waals surface area contributed by atoms with Crippen LogP contribution in [0.4, 0.5) is 0 Å². The Morgan fingerprint density at radius 2 is 0.811 bits per heavy atom. The second-order valence-electron chi connectivity index (χ2n) is 42.3. The molecule has 0 aliphatic heterocycles. The van der Waals surface area contributed by atoms with Crippen LogP contribution < -0.4 is 0 Å². The molecule has 11 aliphatic rings. The van der Waals surface area contributed by atoms with Crippen molar-refractivity contribution in [3.05, 3.63) is 0 Å². The van der Waals surface area contributed by atoms with Gasteiger partial charge >= 0.3 is 0 Å². The third kappa shape index (κ3) is 30.0. The van der Waals surface area contributed by atoms with Gasteiger partial charge in [-0.05, 0) is 258 Å². The standard InChI is InChI=1S/2C11H22.C9H16.3C9H18.4C8H16/c1-9-6-10(2,3)8-11(4,5)7-9;1-9-10(2,3)7-6-8-11(9,4)5;1-7-5-8-3-4-9(7,2)6-8;1-8-4-6-9(2,3)7-5-8;1-8-6-4-5-7-9(8,2)3;1-7-5-4-6-8(2)9(7)3;1-6(2)8-4-7(3)5-8;1-8(2,3)7-5-4-6-7;1-5-6(2)8(4)7(5)3;1-3-7(2)8-5-4-6-8/h2*9H,6-8H2,1-5H3;7-8H,3-6H2,1-2H3;2*8H,4-7H2,1-3H3;7-9H,4-6H2,1-3H3;6-8H,4-5H2,1-3H3;7H,4-6H2,1-3H3;5-8H,1-4H3;7-8H,3-6H2,1-2H3/t;;7-,8?,9?;;8-;;;;;/m..0.1...../s1. The normalized spacial score (nSPS) is 36.3. The van der Waals surface area contributed by atoms with Crippen LogP contribution in [-0.4, -0.2) is 0 Å². The number of hydrogen-bond donors (Lipinski definition) is 0. The average Bonchev–Trinajstić information content (AvgIpc) is 1.80. The summed E-state index contributed by atoms with van der Waals surface area (Å²) >= 11 is 0. The summed E-state index contributed by atoms with van der Waals surface area (Å²) in [6, 6.07) is 0. The lowest BCUT2D eigenvalue weighted by atomic mass is 9.58. The van der Waals surface area contributed by atoms with Gasteiger partial charge in [-0.1, -0.05) is 318 Å². The third-order valence-corrected chi connectivity index (χ3v) is 29.9. The summed E-state index contributed by atoms with van der Waals surface area (Å²) in [5, 5.41) is 0. The van der Waals surface area contributed by atoms with Crippen LogP contribution in [0.2, 0.25) is 0 Å². The van der Waals surface area contributed by atoms with Gasteiger partial charge in [0.25, 0.3) is 0 Å². The van der Waals surface area contributed by atoms with Crippen LogP contribution >= 0.6 is 0 Å². The molecule has 0 radical (unpaired) electrons. The van der Waals surface area contributed by atoms with E-state index in [-0.39, 0.29) is 0 Å². The highest BCUT2D eigenvalue weighted by molar-refractivity contribution is 4.97. The lowest BCUT2D eigenvalue weighted by Gasteiger charge is -2.47. The molecule has 0 heterocycles. The van der Waals surface area contributed by atoms with Crippen molar-refractivity contribution in [1.29, 1.82) is 0 Å². The molecule has 0 N–H and O–H groups in total. The topological polar surface area (TPSA) is 0 Å². The van der Waals surface area contributed by atoms with Gasteiger partial charge in [0.15, 0.2) is 0 Å². The highest BCUT2D eigenvalue weighted by Crippen LogP contribution is 2.57. The van der Waals surface area contributed by atoms with E-state index in [0.29, 0.717) is 37.9 Å². The zero-order valence-corrected chi connectivity index (χ0v) is 69.2. The monoisotopic (exact) mass is 1260 g/mol. The van der Waals surface area contributed by atoms with Gasteiger partial charge in [-0.3, -0.25) is 0 Å². The lowest BCUT2D eigenvalue weighted by molar-refractivity contribution is 0.0286. The zero-order chi connectivity index (χ0) is 69.2. The summed E-state index contributed by atoms with van der Waals surface area (Å²) in [7, 11) is 0. The van der Waals surface area contributed by atoms with E-state index in [1.54, 1.807) is 0 Å². The first-order valence-electron chi connectivity index (χ1n) is 41.1. The molecular formula is C90H178. The summed E-state index contributed by atoms with van der Waals surface area (Å²) in [5.74, 6) is 18.9. The molecule has 538 valence electrons. The van der Waals surface area contributed by atoms with Crippen LogP contribution in [0.3, 0.4) is 0 Å².